The highest BCUT2D eigenvalue weighted by Crippen LogP contribution is 2.10. The van der Waals surface area contributed by atoms with Crippen molar-refractivity contribution in [3.63, 3.8) is 0 Å². The Morgan fingerprint density at radius 1 is 0.739 bits per heavy atom. The summed E-state index contributed by atoms with van der Waals surface area (Å²) in [6.07, 6.45) is 8.85. The Balaban J connectivity index is 2.45. The Hall–Kier alpha value is -1.39. The molecule has 0 fully saturated rings. The van der Waals surface area contributed by atoms with Crippen LogP contribution in [0.15, 0.2) is 30.3 Å². The third-order valence-electron chi connectivity index (χ3n) is 4.07. The number of unbranched alkanes of at least 4 members (excludes halogenated alkanes) is 6. The Morgan fingerprint density at radius 3 is 1.70 bits per heavy atom. The summed E-state index contributed by atoms with van der Waals surface area (Å²) >= 11 is 0. The quantitative estimate of drug-likeness (QED) is 0.549. The van der Waals surface area contributed by atoms with Crippen molar-refractivity contribution in [3.8, 4) is 0 Å². The minimum atomic E-state index is 0.156. The van der Waals surface area contributed by atoms with E-state index in [1.54, 1.807) is 0 Å². The van der Waals surface area contributed by atoms with Crippen LogP contribution in [-0.2, 0) is 0 Å². The molecule has 23 heavy (non-hydrogen) atoms. The van der Waals surface area contributed by atoms with E-state index in [4.69, 9.17) is 11.5 Å². The number of hydrogen-bond donors (Lipinski definition) is 2. The van der Waals surface area contributed by atoms with E-state index in [-0.39, 0.29) is 5.91 Å². The average molecular weight is 319 g/mol. The number of hydrogen-bond acceptors (Lipinski definition) is 3. The highest BCUT2D eigenvalue weighted by Gasteiger charge is 2.14. The Morgan fingerprint density at radius 2 is 1.22 bits per heavy atom. The first-order chi connectivity index (χ1) is 11.3. The molecular weight excluding hydrogens is 286 g/mol. The first-order valence-corrected chi connectivity index (χ1v) is 9.04. The van der Waals surface area contributed by atoms with E-state index in [0.717, 1.165) is 83.1 Å². The number of benzene rings is 1. The molecule has 0 aromatic heterocycles. The number of rotatable bonds is 13. The van der Waals surface area contributed by atoms with Gasteiger partial charge in [-0.05, 0) is 50.9 Å². The van der Waals surface area contributed by atoms with Crippen molar-refractivity contribution in [1.82, 2.24) is 4.90 Å². The van der Waals surface area contributed by atoms with Gasteiger partial charge in [0.15, 0.2) is 0 Å². The molecule has 0 radical (unpaired) electrons. The van der Waals surface area contributed by atoms with Crippen LogP contribution in [0.4, 0.5) is 0 Å². The Kier molecular flexibility index (Phi) is 11.2. The van der Waals surface area contributed by atoms with Gasteiger partial charge in [-0.15, -0.1) is 0 Å². The number of nitrogens with two attached hydrogens (primary N) is 2. The highest BCUT2D eigenvalue weighted by molar-refractivity contribution is 5.94. The van der Waals surface area contributed by atoms with Crippen LogP contribution < -0.4 is 11.5 Å². The van der Waals surface area contributed by atoms with Crippen LogP contribution in [0.2, 0.25) is 0 Å². The largest absolute Gasteiger partial charge is 0.339 e. The fraction of sp³-hybridized carbons (Fsp3) is 0.632. The molecule has 4 nitrogen and oxygen atoms in total. The Bertz CT molecular complexity index is 394. The van der Waals surface area contributed by atoms with E-state index in [1.165, 1.54) is 0 Å². The molecule has 4 heteroatoms. The third kappa shape index (κ3) is 8.72. The molecule has 0 heterocycles. The Labute approximate surface area is 141 Å². The summed E-state index contributed by atoms with van der Waals surface area (Å²) in [4.78, 5) is 14.7. The van der Waals surface area contributed by atoms with E-state index in [1.807, 2.05) is 35.2 Å². The molecule has 1 rings (SSSR count). The summed E-state index contributed by atoms with van der Waals surface area (Å²) in [5.74, 6) is 0.156. The zero-order valence-corrected chi connectivity index (χ0v) is 14.4. The van der Waals surface area contributed by atoms with Crippen molar-refractivity contribution >= 4 is 5.91 Å². The number of nitrogens with zero attached hydrogens (tertiary/aromatic N) is 1. The van der Waals surface area contributed by atoms with Crippen LogP contribution in [0.5, 0.6) is 0 Å². The molecule has 4 N–H and O–H groups in total. The van der Waals surface area contributed by atoms with Crippen LogP contribution in [0, 0.1) is 0 Å². The maximum Gasteiger partial charge on any atom is 0.253 e. The lowest BCUT2D eigenvalue weighted by Gasteiger charge is -2.23. The second-order valence-electron chi connectivity index (χ2n) is 6.06. The normalized spacial score (nSPS) is 10.7. The van der Waals surface area contributed by atoms with Crippen molar-refractivity contribution < 1.29 is 4.79 Å². The van der Waals surface area contributed by atoms with Crippen molar-refractivity contribution in [2.45, 2.75) is 51.4 Å². The van der Waals surface area contributed by atoms with E-state index in [9.17, 15) is 4.79 Å². The van der Waals surface area contributed by atoms with Gasteiger partial charge in [-0.2, -0.15) is 0 Å². The minimum absolute atomic E-state index is 0.156. The fourth-order valence-corrected chi connectivity index (χ4v) is 2.68. The standard InChI is InChI=1S/C19H33N3O/c20-14-8-1-3-10-16-22(17-11-4-2-9-15-21)19(23)18-12-6-5-7-13-18/h5-7,12-13H,1-4,8-11,14-17,20-21H2. The van der Waals surface area contributed by atoms with E-state index >= 15 is 0 Å². The molecule has 1 aromatic carbocycles. The molecule has 0 aliphatic heterocycles. The maximum absolute atomic E-state index is 12.7. The lowest BCUT2D eigenvalue weighted by Crippen LogP contribution is -2.33. The van der Waals surface area contributed by atoms with Gasteiger partial charge in [0.1, 0.15) is 0 Å². The van der Waals surface area contributed by atoms with Gasteiger partial charge < -0.3 is 16.4 Å². The van der Waals surface area contributed by atoms with Crippen molar-refractivity contribution in [3.05, 3.63) is 35.9 Å². The van der Waals surface area contributed by atoms with Gasteiger partial charge in [0.25, 0.3) is 5.91 Å². The zero-order chi connectivity index (χ0) is 16.8. The molecular formula is C19H33N3O. The van der Waals surface area contributed by atoms with Crippen LogP contribution in [0.1, 0.15) is 61.7 Å². The third-order valence-corrected chi connectivity index (χ3v) is 4.07. The summed E-state index contributed by atoms with van der Waals surface area (Å²) in [6.45, 7) is 3.20. The fourth-order valence-electron chi connectivity index (χ4n) is 2.68. The smallest absolute Gasteiger partial charge is 0.253 e. The molecule has 1 aromatic rings. The maximum atomic E-state index is 12.7. The average Bonchev–Trinajstić information content (AvgIpc) is 2.59. The summed E-state index contributed by atoms with van der Waals surface area (Å²) in [6, 6.07) is 9.60. The van der Waals surface area contributed by atoms with Gasteiger partial charge in [0.2, 0.25) is 0 Å². The summed E-state index contributed by atoms with van der Waals surface area (Å²) in [5, 5.41) is 0. The first kappa shape index (κ1) is 19.7. The van der Waals surface area contributed by atoms with E-state index < -0.39 is 0 Å². The van der Waals surface area contributed by atoms with Crippen LogP contribution in [0.3, 0.4) is 0 Å². The van der Waals surface area contributed by atoms with Crippen LogP contribution in [-0.4, -0.2) is 37.0 Å². The minimum Gasteiger partial charge on any atom is -0.339 e. The van der Waals surface area contributed by atoms with Gasteiger partial charge in [-0.3, -0.25) is 4.79 Å². The predicted molar refractivity (Wildman–Crippen MR) is 97.4 cm³/mol. The summed E-state index contributed by atoms with van der Waals surface area (Å²) in [7, 11) is 0. The molecule has 0 atom stereocenters. The van der Waals surface area contributed by atoms with Crippen molar-refractivity contribution in [2.24, 2.45) is 11.5 Å². The number of carbonyl (C=O) groups is 1. The molecule has 0 aliphatic carbocycles. The molecule has 0 saturated heterocycles. The zero-order valence-electron chi connectivity index (χ0n) is 14.4. The second kappa shape index (κ2) is 13.1. The molecule has 130 valence electrons. The SMILES string of the molecule is NCCCCCCN(CCCCCCN)C(=O)c1ccccc1. The van der Waals surface area contributed by atoms with Gasteiger partial charge in [-0.25, -0.2) is 0 Å². The number of carbonyl (C=O) groups excluding carboxylic acids is 1. The summed E-state index contributed by atoms with van der Waals surface area (Å²) in [5.41, 5.74) is 11.8. The van der Waals surface area contributed by atoms with E-state index in [0.29, 0.717) is 0 Å². The molecule has 0 spiro atoms. The molecule has 0 aliphatic rings. The van der Waals surface area contributed by atoms with Crippen molar-refractivity contribution in [2.75, 3.05) is 26.2 Å². The van der Waals surface area contributed by atoms with Gasteiger partial charge >= 0.3 is 0 Å². The van der Waals surface area contributed by atoms with Gasteiger partial charge in [0.05, 0.1) is 0 Å². The van der Waals surface area contributed by atoms with Gasteiger partial charge in [0, 0.05) is 18.7 Å². The molecule has 0 saturated carbocycles. The van der Waals surface area contributed by atoms with Gasteiger partial charge in [-0.1, -0.05) is 43.9 Å². The monoisotopic (exact) mass is 319 g/mol. The van der Waals surface area contributed by atoms with E-state index in [2.05, 4.69) is 0 Å². The molecule has 0 bridgehead atoms. The molecule has 1 amide bonds. The first-order valence-electron chi connectivity index (χ1n) is 9.04. The van der Waals surface area contributed by atoms with Crippen LogP contribution >= 0.6 is 0 Å². The second-order valence-corrected chi connectivity index (χ2v) is 6.06. The lowest BCUT2D eigenvalue weighted by molar-refractivity contribution is 0.0749. The molecule has 0 unspecified atom stereocenters. The summed E-state index contributed by atoms with van der Waals surface area (Å²) < 4.78 is 0. The van der Waals surface area contributed by atoms with Crippen molar-refractivity contribution in [1.29, 1.82) is 0 Å². The lowest BCUT2D eigenvalue weighted by atomic mass is 10.1. The highest BCUT2D eigenvalue weighted by atomic mass is 16.2. The number of amides is 1. The van der Waals surface area contributed by atoms with Crippen LogP contribution in [0.25, 0.3) is 0 Å². The predicted octanol–water partition coefficient (Wildman–Crippen LogP) is 3.17. The topological polar surface area (TPSA) is 72.3 Å².